The van der Waals surface area contributed by atoms with Gasteiger partial charge in [-0.05, 0) is 37.0 Å². The maximum absolute atomic E-state index is 9.25. The Morgan fingerprint density at radius 1 is 1.50 bits per heavy atom. The average Bonchev–Trinajstić information content (AvgIpc) is 2.64. The zero-order chi connectivity index (χ0) is 11.7. The van der Waals surface area contributed by atoms with Gasteiger partial charge in [-0.3, -0.25) is 0 Å². The van der Waals surface area contributed by atoms with Crippen LogP contribution in [-0.4, -0.2) is 17.8 Å². The van der Waals surface area contributed by atoms with Crippen molar-refractivity contribution in [3.8, 4) is 0 Å². The Morgan fingerprint density at radius 3 is 2.94 bits per heavy atom. The maximum atomic E-state index is 9.25. The number of halogens is 2. The molecule has 16 heavy (non-hydrogen) atoms. The van der Waals surface area contributed by atoms with Gasteiger partial charge in [0.1, 0.15) is 0 Å². The standard InChI is InChI=1S/C12H15Cl2NO/c1-7(16)6-15-11-5-3-9-8(11)2-4-10(13)12(9)14/h2,4,7,11,15-16H,3,5-6H2,1H3/t7-,11?/m0/s1. The van der Waals surface area contributed by atoms with E-state index in [2.05, 4.69) is 5.32 Å². The highest BCUT2D eigenvalue weighted by atomic mass is 35.5. The number of aliphatic hydroxyl groups is 1. The van der Waals surface area contributed by atoms with Crippen LogP contribution in [-0.2, 0) is 6.42 Å². The lowest BCUT2D eigenvalue weighted by molar-refractivity contribution is 0.186. The molecule has 0 spiro atoms. The summed E-state index contributed by atoms with van der Waals surface area (Å²) in [5.74, 6) is 0. The summed E-state index contributed by atoms with van der Waals surface area (Å²) in [6.45, 7) is 2.38. The van der Waals surface area contributed by atoms with Crippen LogP contribution in [0.25, 0.3) is 0 Å². The number of aliphatic hydroxyl groups excluding tert-OH is 1. The molecule has 1 aliphatic rings. The van der Waals surface area contributed by atoms with Gasteiger partial charge in [0.2, 0.25) is 0 Å². The van der Waals surface area contributed by atoms with Crippen LogP contribution < -0.4 is 5.32 Å². The minimum Gasteiger partial charge on any atom is -0.392 e. The molecular formula is C12H15Cl2NO. The number of nitrogens with one attached hydrogen (secondary N) is 1. The van der Waals surface area contributed by atoms with E-state index in [1.165, 1.54) is 5.56 Å². The van der Waals surface area contributed by atoms with E-state index in [1.54, 1.807) is 6.92 Å². The Hall–Kier alpha value is -0.280. The molecule has 0 saturated heterocycles. The topological polar surface area (TPSA) is 32.3 Å². The molecule has 0 fully saturated rings. The molecule has 2 rings (SSSR count). The molecule has 4 heteroatoms. The van der Waals surface area contributed by atoms with Crippen LogP contribution in [0.1, 0.15) is 30.5 Å². The molecule has 0 saturated carbocycles. The highest BCUT2D eigenvalue weighted by molar-refractivity contribution is 6.42. The van der Waals surface area contributed by atoms with Crippen LogP contribution in [0.2, 0.25) is 10.0 Å². The molecule has 1 aromatic carbocycles. The molecule has 1 unspecified atom stereocenters. The maximum Gasteiger partial charge on any atom is 0.0636 e. The largest absolute Gasteiger partial charge is 0.392 e. The lowest BCUT2D eigenvalue weighted by Gasteiger charge is -2.15. The molecule has 0 amide bonds. The summed E-state index contributed by atoms with van der Waals surface area (Å²) in [6.07, 6.45) is 1.64. The van der Waals surface area contributed by atoms with Gasteiger partial charge in [0.25, 0.3) is 0 Å². The third-order valence-corrected chi connectivity index (χ3v) is 3.79. The Morgan fingerprint density at radius 2 is 2.25 bits per heavy atom. The van der Waals surface area contributed by atoms with Gasteiger partial charge >= 0.3 is 0 Å². The first-order chi connectivity index (χ1) is 7.59. The Bertz CT molecular complexity index is 393. The second kappa shape index (κ2) is 4.92. The van der Waals surface area contributed by atoms with Gasteiger partial charge in [-0.25, -0.2) is 0 Å². The van der Waals surface area contributed by atoms with E-state index in [1.807, 2.05) is 12.1 Å². The monoisotopic (exact) mass is 259 g/mol. The first-order valence-corrected chi connectivity index (χ1v) is 6.23. The molecule has 0 bridgehead atoms. The smallest absolute Gasteiger partial charge is 0.0636 e. The van der Waals surface area contributed by atoms with Crippen molar-refractivity contribution >= 4 is 23.2 Å². The summed E-state index contributed by atoms with van der Waals surface area (Å²) in [6, 6.07) is 4.15. The molecule has 2 nitrogen and oxygen atoms in total. The summed E-state index contributed by atoms with van der Waals surface area (Å²) in [7, 11) is 0. The Kier molecular flexibility index (Phi) is 3.75. The zero-order valence-corrected chi connectivity index (χ0v) is 10.6. The summed E-state index contributed by atoms with van der Waals surface area (Å²) in [4.78, 5) is 0. The van der Waals surface area contributed by atoms with Crippen molar-refractivity contribution in [2.24, 2.45) is 0 Å². The SMILES string of the molecule is C[C@H](O)CNC1CCc2c1ccc(Cl)c2Cl. The average molecular weight is 260 g/mol. The van der Waals surface area contributed by atoms with Crippen molar-refractivity contribution in [2.75, 3.05) is 6.54 Å². The van der Waals surface area contributed by atoms with Crippen molar-refractivity contribution in [3.05, 3.63) is 33.3 Å². The normalized spacial score (nSPS) is 20.9. The first kappa shape index (κ1) is 12.2. The number of hydrogen-bond donors (Lipinski definition) is 2. The van der Waals surface area contributed by atoms with Gasteiger partial charge in [-0.1, -0.05) is 29.3 Å². The summed E-state index contributed by atoms with van der Waals surface area (Å²) < 4.78 is 0. The molecule has 0 aromatic heterocycles. The van der Waals surface area contributed by atoms with Gasteiger partial charge in [-0.2, -0.15) is 0 Å². The van der Waals surface area contributed by atoms with Gasteiger partial charge < -0.3 is 10.4 Å². The number of rotatable bonds is 3. The van der Waals surface area contributed by atoms with E-state index in [4.69, 9.17) is 23.2 Å². The second-order valence-electron chi connectivity index (χ2n) is 4.28. The molecule has 1 aliphatic carbocycles. The highest BCUT2D eigenvalue weighted by Gasteiger charge is 2.25. The van der Waals surface area contributed by atoms with Gasteiger partial charge in [0, 0.05) is 12.6 Å². The van der Waals surface area contributed by atoms with Gasteiger partial charge in [0.15, 0.2) is 0 Å². The summed E-state index contributed by atoms with van der Waals surface area (Å²) >= 11 is 12.1. The predicted molar refractivity (Wildman–Crippen MR) is 67.2 cm³/mol. The molecule has 2 atom stereocenters. The molecular weight excluding hydrogens is 245 g/mol. The lowest BCUT2D eigenvalue weighted by atomic mass is 10.1. The third-order valence-electron chi connectivity index (χ3n) is 2.95. The highest BCUT2D eigenvalue weighted by Crippen LogP contribution is 2.38. The first-order valence-electron chi connectivity index (χ1n) is 5.48. The number of benzene rings is 1. The van der Waals surface area contributed by atoms with Crippen molar-refractivity contribution < 1.29 is 5.11 Å². The fourth-order valence-electron chi connectivity index (χ4n) is 2.16. The van der Waals surface area contributed by atoms with E-state index in [9.17, 15) is 5.11 Å². The quantitative estimate of drug-likeness (QED) is 0.875. The molecule has 0 aliphatic heterocycles. The molecule has 1 aromatic rings. The second-order valence-corrected chi connectivity index (χ2v) is 5.06. The van der Waals surface area contributed by atoms with E-state index < -0.39 is 0 Å². The lowest BCUT2D eigenvalue weighted by Crippen LogP contribution is -2.27. The third kappa shape index (κ3) is 2.35. The Balaban J connectivity index is 2.17. The van der Waals surface area contributed by atoms with Crippen molar-refractivity contribution in [3.63, 3.8) is 0 Å². The number of fused-ring (bicyclic) bond motifs is 1. The predicted octanol–water partition coefficient (Wildman–Crippen LogP) is 2.95. The molecule has 0 heterocycles. The van der Waals surface area contributed by atoms with Crippen LogP contribution in [0, 0.1) is 0 Å². The van der Waals surface area contributed by atoms with Crippen molar-refractivity contribution in [1.82, 2.24) is 5.32 Å². The molecule has 2 N–H and O–H groups in total. The number of hydrogen-bond acceptors (Lipinski definition) is 2. The van der Waals surface area contributed by atoms with Crippen molar-refractivity contribution in [1.29, 1.82) is 0 Å². The van der Waals surface area contributed by atoms with Crippen LogP contribution >= 0.6 is 23.2 Å². The summed E-state index contributed by atoms with van der Waals surface area (Å²) in [5.41, 5.74) is 2.37. The van der Waals surface area contributed by atoms with E-state index in [0.29, 0.717) is 22.6 Å². The van der Waals surface area contributed by atoms with Gasteiger partial charge in [0.05, 0.1) is 16.1 Å². The van der Waals surface area contributed by atoms with Crippen LogP contribution in [0.3, 0.4) is 0 Å². The van der Waals surface area contributed by atoms with E-state index in [0.717, 1.165) is 18.4 Å². The zero-order valence-electron chi connectivity index (χ0n) is 9.13. The van der Waals surface area contributed by atoms with E-state index >= 15 is 0 Å². The van der Waals surface area contributed by atoms with Crippen LogP contribution in [0.15, 0.2) is 12.1 Å². The fraction of sp³-hybridized carbons (Fsp3) is 0.500. The minimum atomic E-state index is -0.327. The van der Waals surface area contributed by atoms with Crippen molar-refractivity contribution in [2.45, 2.75) is 31.9 Å². The molecule has 0 radical (unpaired) electrons. The van der Waals surface area contributed by atoms with E-state index in [-0.39, 0.29) is 6.10 Å². The Labute approximate surface area is 106 Å². The molecule has 88 valence electrons. The summed E-state index contributed by atoms with van der Waals surface area (Å²) in [5, 5.41) is 13.9. The fourth-order valence-corrected chi connectivity index (χ4v) is 2.60. The van der Waals surface area contributed by atoms with Crippen LogP contribution in [0.5, 0.6) is 0 Å². The van der Waals surface area contributed by atoms with Gasteiger partial charge in [-0.15, -0.1) is 0 Å². The minimum absolute atomic E-state index is 0.291. The van der Waals surface area contributed by atoms with Crippen LogP contribution in [0.4, 0.5) is 0 Å².